The summed E-state index contributed by atoms with van der Waals surface area (Å²) in [4.78, 5) is 17.5. The third-order valence-corrected chi connectivity index (χ3v) is 6.62. The smallest absolute Gasteiger partial charge is 0.396 e. The van der Waals surface area contributed by atoms with Gasteiger partial charge in [0.2, 0.25) is 0 Å². The number of aromatic nitrogens is 2. The molecule has 39 heavy (non-hydrogen) atoms. The van der Waals surface area contributed by atoms with E-state index in [1.807, 2.05) is 42.0 Å². The van der Waals surface area contributed by atoms with Crippen LogP contribution in [0.15, 0.2) is 48.7 Å². The van der Waals surface area contributed by atoms with Crippen LogP contribution in [0.25, 0.3) is 11.3 Å². The number of aliphatic hydroxyl groups excluding tert-OH is 1. The number of hydrogen-bond donors (Lipinski definition) is 4. The number of rotatable bonds is 11. The Bertz CT molecular complexity index is 1270. The number of carbonyl (C=O) groups excluding carboxylic acids is 1. The van der Waals surface area contributed by atoms with Gasteiger partial charge in [0.25, 0.3) is 5.91 Å². The number of anilines is 1. The van der Waals surface area contributed by atoms with E-state index in [2.05, 4.69) is 15.6 Å². The molecule has 0 spiro atoms. The van der Waals surface area contributed by atoms with Crippen molar-refractivity contribution in [2.75, 3.05) is 11.9 Å². The topological polar surface area (TPSA) is 99.4 Å². The van der Waals surface area contributed by atoms with Crippen molar-refractivity contribution in [1.82, 2.24) is 14.9 Å². The first-order chi connectivity index (χ1) is 18.2. The second-order valence-corrected chi connectivity index (χ2v) is 10.4. The molecule has 1 aromatic heterocycles. The maximum Gasteiger partial charge on any atom is 0.408 e. The second-order valence-electron chi connectivity index (χ2n) is 9.98. The average molecular weight is 567 g/mol. The van der Waals surface area contributed by atoms with Gasteiger partial charge in [-0.1, -0.05) is 35.9 Å². The number of halogens is 4. The number of aliphatic hydroxyl groups is 2. The fourth-order valence-corrected chi connectivity index (χ4v) is 4.35. The van der Waals surface area contributed by atoms with Crippen LogP contribution in [0.4, 0.5) is 18.9 Å². The van der Waals surface area contributed by atoms with E-state index < -0.39 is 29.8 Å². The average Bonchev–Trinajstić information content (AvgIpc) is 3.30. The highest BCUT2D eigenvalue weighted by molar-refractivity contribution is 6.33. The molecule has 2 aromatic carbocycles. The molecule has 11 heteroatoms. The number of amides is 1. The molecule has 0 bridgehead atoms. The van der Waals surface area contributed by atoms with Crippen LogP contribution in [-0.2, 0) is 18.6 Å². The number of nitrogens with zero attached hydrogens (tertiary/aromatic N) is 2. The van der Waals surface area contributed by atoms with Crippen LogP contribution in [0.5, 0.6) is 0 Å². The first kappa shape index (κ1) is 30.5. The maximum atomic E-state index is 12.9. The van der Waals surface area contributed by atoms with Gasteiger partial charge in [-0.3, -0.25) is 4.79 Å². The first-order valence-electron chi connectivity index (χ1n) is 12.7. The molecule has 1 unspecified atom stereocenters. The van der Waals surface area contributed by atoms with Gasteiger partial charge in [-0.15, -0.1) is 0 Å². The quantitative estimate of drug-likeness (QED) is 0.244. The second kappa shape index (κ2) is 12.4. The van der Waals surface area contributed by atoms with E-state index in [9.17, 15) is 28.2 Å². The van der Waals surface area contributed by atoms with Crippen LogP contribution >= 0.6 is 11.6 Å². The molecule has 7 nitrogen and oxygen atoms in total. The number of benzene rings is 2. The van der Waals surface area contributed by atoms with E-state index in [4.69, 9.17) is 11.6 Å². The molecule has 212 valence electrons. The Morgan fingerprint density at radius 2 is 1.82 bits per heavy atom. The number of carbonyl (C=O) groups is 1. The highest BCUT2D eigenvalue weighted by Gasteiger charge is 2.36. The van der Waals surface area contributed by atoms with Gasteiger partial charge in [0, 0.05) is 36.5 Å². The van der Waals surface area contributed by atoms with Crippen molar-refractivity contribution in [2.24, 2.45) is 0 Å². The van der Waals surface area contributed by atoms with Crippen molar-refractivity contribution in [1.29, 1.82) is 0 Å². The Morgan fingerprint density at radius 3 is 2.33 bits per heavy atom. The van der Waals surface area contributed by atoms with Gasteiger partial charge < -0.3 is 25.4 Å². The summed E-state index contributed by atoms with van der Waals surface area (Å²) >= 11 is 6.14. The minimum atomic E-state index is -4.44. The molecule has 0 saturated carbocycles. The summed E-state index contributed by atoms with van der Waals surface area (Å²) in [6.45, 7) is 6.87. The number of imidazole rings is 1. The van der Waals surface area contributed by atoms with Crippen molar-refractivity contribution >= 4 is 23.2 Å². The van der Waals surface area contributed by atoms with Crippen molar-refractivity contribution in [2.45, 2.75) is 70.9 Å². The minimum absolute atomic E-state index is 0.00805. The number of aryl methyl sites for hydroxylation is 1. The molecule has 0 fully saturated rings. The van der Waals surface area contributed by atoms with Crippen molar-refractivity contribution in [3.8, 4) is 11.3 Å². The molecule has 4 N–H and O–H groups in total. The van der Waals surface area contributed by atoms with E-state index >= 15 is 0 Å². The largest absolute Gasteiger partial charge is 0.408 e. The van der Waals surface area contributed by atoms with E-state index in [1.54, 1.807) is 13.8 Å². The molecule has 0 aliphatic rings. The summed E-state index contributed by atoms with van der Waals surface area (Å²) < 4.78 is 40.5. The summed E-state index contributed by atoms with van der Waals surface area (Å²) in [5.74, 6) is 0.125. The summed E-state index contributed by atoms with van der Waals surface area (Å²) in [5, 5.41) is 25.1. The lowest BCUT2D eigenvalue weighted by Gasteiger charge is -2.20. The molecule has 1 amide bonds. The Hall–Kier alpha value is -3.08. The predicted octanol–water partition coefficient (Wildman–Crippen LogP) is 5.54. The third-order valence-electron chi connectivity index (χ3n) is 6.30. The van der Waals surface area contributed by atoms with Crippen LogP contribution in [-0.4, -0.2) is 50.5 Å². The highest BCUT2D eigenvalue weighted by Crippen LogP contribution is 2.29. The number of alkyl halides is 3. The van der Waals surface area contributed by atoms with Gasteiger partial charge in [-0.2, -0.15) is 13.2 Å². The molecule has 3 aromatic rings. The predicted molar refractivity (Wildman–Crippen MR) is 146 cm³/mol. The molecule has 0 saturated heterocycles. The van der Waals surface area contributed by atoms with Crippen LogP contribution in [0.1, 0.15) is 55.9 Å². The summed E-state index contributed by atoms with van der Waals surface area (Å²) in [5.41, 5.74) is 1.73. The van der Waals surface area contributed by atoms with Crippen molar-refractivity contribution < 1.29 is 28.2 Å². The standard InChI is InChI=1S/C28H34ClF3N4O3/c1-5-36-16-24(35-26(36)27(3,4)39)19-8-6-18(7-9-19)14-21(12-13-37)34-25(38)20-10-11-23(22(29)15-20)33-17(2)28(30,31)32/h6-11,15-17,21,33,37,39H,5,12-14H2,1-4H3,(H,34,38)/t17?,21-/m1/s1. The Kier molecular flexibility index (Phi) is 9.69. The molecule has 1 heterocycles. The monoisotopic (exact) mass is 566 g/mol. The number of nitrogens with one attached hydrogen (secondary N) is 2. The Balaban J connectivity index is 1.69. The third kappa shape index (κ3) is 7.97. The van der Waals surface area contributed by atoms with Gasteiger partial charge in [0.05, 0.1) is 16.4 Å². The molecule has 0 aliphatic carbocycles. The summed E-state index contributed by atoms with van der Waals surface area (Å²) in [6, 6.07) is 9.51. The van der Waals surface area contributed by atoms with Crippen molar-refractivity contribution in [3.63, 3.8) is 0 Å². The molecular weight excluding hydrogens is 533 g/mol. The van der Waals surface area contributed by atoms with Crippen LogP contribution < -0.4 is 10.6 Å². The van der Waals surface area contributed by atoms with Crippen molar-refractivity contribution in [3.05, 3.63) is 70.6 Å². The van der Waals surface area contributed by atoms with Crippen LogP contribution in [0.3, 0.4) is 0 Å². The minimum Gasteiger partial charge on any atom is -0.396 e. The van der Waals surface area contributed by atoms with E-state index in [0.717, 1.165) is 23.7 Å². The zero-order valence-electron chi connectivity index (χ0n) is 22.3. The van der Waals surface area contributed by atoms with Crippen LogP contribution in [0.2, 0.25) is 5.02 Å². The lowest BCUT2D eigenvalue weighted by Crippen LogP contribution is -2.37. The zero-order chi connectivity index (χ0) is 29.0. The molecule has 3 rings (SSSR count). The normalized spacial score (nSPS) is 13.7. The van der Waals surface area contributed by atoms with E-state index in [-0.39, 0.29) is 22.9 Å². The van der Waals surface area contributed by atoms with Gasteiger partial charge in [0.1, 0.15) is 17.5 Å². The highest BCUT2D eigenvalue weighted by atomic mass is 35.5. The number of hydrogen-bond acceptors (Lipinski definition) is 5. The van der Waals surface area contributed by atoms with Gasteiger partial charge in [0.15, 0.2) is 0 Å². The lowest BCUT2D eigenvalue weighted by atomic mass is 10.0. The lowest BCUT2D eigenvalue weighted by molar-refractivity contribution is -0.138. The molecule has 0 radical (unpaired) electrons. The fourth-order valence-electron chi connectivity index (χ4n) is 4.12. The maximum absolute atomic E-state index is 12.9. The first-order valence-corrected chi connectivity index (χ1v) is 13.0. The molecule has 0 aliphatic heterocycles. The van der Waals surface area contributed by atoms with Gasteiger partial charge in [-0.25, -0.2) is 4.98 Å². The molecule has 2 atom stereocenters. The Morgan fingerprint density at radius 1 is 1.15 bits per heavy atom. The van der Waals surface area contributed by atoms with Gasteiger partial charge in [-0.05, 0) is 64.3 Å². The van der Waals surface area contributed by atoms with Crippen LogP contribution in [0, 0.1) is 0 Å². The summed E-state index contributed by atoms with van der Waals surface area (Å²) in [6.07, 6.45) is -1.79. The zero-order valence-corrected chi connectivity index (χ0v) is 23.1. The Labute approximate surface area is 231 Å². The summed E-state index contributed by atoms with van der Waals surface area (Å²) in [7, 11) is 0. The SMILES string of the molecule is CCn1cc(-c2ccc(C[C@@H](CCO)NC(=O)c3ccc(NC(C)C(F)(F)F)c(Cl)c3)cc2)nc1C(C)(C)O. The molecular formula is C28H34ClF3N4O3. The van der Waals surface area contributed by atoms with E-state index in [1.165, 1.54) is 18.2 Å². The fraction of sp³-hybridized carbons (Fsp3) is 0.429. The van der Waals surface area contributed by atoms with Gasteiger partial charge >= 0.3 is 6.18 Å². The van der Waals surface area contributed by atoms with E-state index in [0.29, 0.717) is 25.2 Å².